The molecule has 0 unspecified atom stereocenters. The fourth-order valence-electron chi connectivity index (χ4n) is 4.27. The van der Waals surface area contributed by atoms with Gasteiger partial charge in [0.05, 0.1) is 20.1 Å². The maximum atomic E-state index is 13.4. The molecule has 0 bridgehead atoms. The first-order valence-corrected chi connectivity index (χ1v) is 13.1. The molecule has 1 aliphatic heterocycles. The molecule has 0 aliphatic carbocycles. The summed E-state index contributed by atoms with van der Waals surface area (Å²) < 4.78 is 29.5. The van der Waals surface area contributed by atoms with Crippen LogP contribution in [0.3, 0.4) is 0 Å². The van der Waals surface area contributed by atoms with Gasteiger partial charge in [-0.15, -0.1) is 11.3 Å². The Balaban J connectivity index is 1.40. The predicted octanol–water partition coefficient (Wildman–Crippen LogP) is 4.00. The summed E-state index contributed by atoms with van der Waals surface area (Å²) in [6.45, 7) is 9.11. The highest BCUT2D eigenvalue weighted by atomic mass is 32.2. The molecule has 6 nitrogen and oxygen atoms in total. The van der Waals surface area contributed by atoms with Gasteiger partial charge in [0.15, 0.2) is 0 Å². The van der Waals surface area contributed by atoms with Gasteiger partial charge in [-0.25, -0.2) is 13.4 Å². The molecule has 2 aromatic carbocycles. The molecular weight excluding hydrogens is 442 g/mol. The number of sulfonamides is 1. The van der Waals surface area contributed by atoms with Crippen LogP contribution in [0.4, 0.5) is 0 Å². The van der Waals surface area contributed by atoms with Gasteiger partial charge in [-0.2, -0.15) is 4.31 Å². The van der Waals surface area contributed by atoms with Gasteiger partial charge in [0.1, 0.15) is 0 Å². The van der Waals surface area contributed by atoms with Gasteiger partial charge >= 0.3 is 0 Å². The van der Waals surface area contributed by atoms with E-state index in [1.54, 1.807) is 16.2 Å². The van der Waals surface area contributed by atoms with E-state index in [-0.39, 0.29) is 5.91 Å². The molecule has 1 fully saturated rings. The van der Waals surface area contributed by atoms with Gasteiger partial charge in [-0.3, -0.25) is 4.79 Å². The maximum absolute atomic E-state index is 13.4. The Hall–Kier alpha value is -2.29. The van der Waals surface area contributed by atoms with Crippen LogP contribution in [0.25, 0.3) is 10.2 Å². The van der Waals surface area contributed by atoms with Crippen molar-refractivity contribution < 1.29 is 13.2 Å². The monoisotopic (exact) mass is 471 g/mol. The molecule has 3 aromatic rings. The van der Waals surface area contributed by atoms with E-state index < -0.39 is 10.0 Å². The van der Waals surface area contributed by atoms with Crippen molar-refractivity contribution in [1.29, 1.82) is 0 Å². The zero-order chi connectivity index (χ0) is 23.0. The minimum absolute atomic E-state index is 0.0556. The van der Waals surface area contributed by atoms with E-state index in [9.17, 15) is 13.2 Å². The van der Waals surface area contributed by atoms with Crippen LogP contribution in [0, 0.1) is 27.7 Å². The van der Waals surface area contributed by atoms with Crippen LogP contribution in [0.2, 0.25) is 0 Å². The first-order valence-electron chi connectivity index (χ1n) is 10.9. The summed E-state index contributed by atoms with van der Waals surface area (Å²) in [5, 5.41) is 0.960. The van der Waals surface area contributed by atoms with Crippen molar-refractivity contribution in [3.63, 3.8) is 0 Å². The molecule has 1 saturated heterocycles. The third kappa shape index (κ3) is 4.31. The van der Waals surface area contributed by atoms with Crippen LogP contribution in [-0.2, 0) is 21.2 Å². The molecule has 0 N–H and O–H groups in total. The second kappa shape index (κ2) is 8.92. The number of nitrogens with zero attached hydrogens (tertiary/aromatic N) is 3. The summed E-state index contributed by atoms with van der Waals surface area (Å²) in [7, 11) is -3.60. The lowest BCUT2D eigenvalue weighted by Crippen LogP contribution is -2.50. The number of thiazole rings is 1. The number of carbonyl (C=O) groups excluding carboxylic acids is 1. The number of carbonyl (C=O) groups is 1. The van der Waals surface area contributed by atoms with Crippen LogP contribution in [0.1, 0.15) is 33.7 Å². The number of hydrogen-bond acceptors (Lipinski definition) is 5. The second-order valence-electron chi connectivity index (χ2n) is 8.45. The molecule has 8 heteroatoms. The molecule has 32 heavy (non-hydrogen) atoms. The number of aryl methyl sites for hydroxylation is 3. The van der Waals surface area contributed by atoms with Gasteiger partial charge < -0.3 is 4.90 Å². The summed E-state index contributed by atoms with van der Waals surface area (Å²) in [6.07, 6.45) is 1.000. The SMILES string of the molecule is Cc1cc(C)c(C)c(S(=O)(=O)N2CCN(C(=O)CCc3nc4ccccc4s3)CC2)c1C. The molecule has 170 valence electrons. The van der Waals surface area contributed by atoms with Gasteiger partial charge in [0, 0.05) is 39.0 Å². The molecule has 0 spiro atoms. The summed E-state index contributed by atoms with van der Waals surface area (Å²) in [5.41, 5.74) is 4.55. The van der Waals surface area contributed by atoms with Crippen LogP contribution < -0.4 is 0 Å². The van der Waals surface area contributed by atoms with Crippen molar-refractivity contribution in [3.8, 4) is 0 Å². The fraction of sp³-hybridized carbons (Fsp3) is 0.417. The quantitative estimate of drug-likeness (QED) is 0.564. The Labute approximate surface area is 193 Å². The number of aromatic nitrogens is 1. The van der Waals surface area contributed by atoms with Gasteiger partial charge in [-0.05, 0) is 62.1 Å². The third-order valence-corrected chi connectivity index (χ3v) is 9.65. The highest BCUT2D eigenvalue weighted by molar-refractivity contribution is 7.89. The molecule has 2 heterocycles. The van der Waals surface area contributed by atoms with E-state index in [0.717, 1.165) is 37.5 Å². The minimum atomic E-state index is -3.60. The Morgan fingerprint density at radius 3 is 2.25 bits per heavy atom. The van der Waals surface area contributed by atoms with Crippen molar-refractivity contribution in [2.45, 2.75) is 45.4 Å². The second-order valence-corrected chi connectivity index (χ2v) is 11.4. The Bertz CT molecular complexity index is 1210. The Morgan fingerprint density at radius 2 is 1.62 bits per heavy atom. The number of rotatable bonds is 5. The normalized spacial score (nSPS) is 15.4. The fourth-order valence-corrected chi connectivity index (χ4v) is 7.24. The van der Waals surface area contributed by atoms with Gasteiger partial charge in [0.2, 0.25) is 15.9 Å². The summed E-state index contributed by atoms with van der Waals surface area (Å²) in [4.78, 5) is 19.5. The summed E-state index contributed by atoms with van der Waals surface area (Å²) in [5.74, 6) is 0.0556. The number of benzene rings is 2. The van der Waals surface area contributed by atoms with Crippen molar-refractivity contribution in [2.75, 3.05) is 26.2 Å². The molecule has 4 rings (SSSR count). The summed E-state index contributed by atoms with van der Waals surface area (Å²) in [6, 6.07) is 10.0. The molecular formula is C24H29N3O3S2. The lowest BCUT2D eigenvalue weighted by atomic mass is 10.0. The molecule has 1 aliphatic rings. The smallest absolute Gasteiger partial charge is 0.243 e. The largest absolute Gasteiger partial charge is 0.340 e. The molecule has 1 aromatic heterocycles. The third-order valence-electron chi connectivity index (χ3n) is 6.38. The molecule has 1 amide bonds. The highest BCUT2D eigenvalue weighted by Gasteiger charge is 2.32. The average Bonchev–Trinajstić information content (AvgIpc) is 3.19. The zero-order valence-electron chi connectivity index (χ0n) is 19.0. The maximum Gasteiger partial charge on any atom is 0.243 e. The standard InChI is InChI=1S/C24H29N3O3S2/c1-16-15-17(2)19(4)24(18(16)3)32(29,30)27-13-11-26(12-14-27)23(28)10-9-22-25-20-7-5-6-8-21(20)31-22/h5-8,15H,9-14H2,1-4H3. The average molecular weight is 472 g/mol. The Kier molecular flexibility index (Phi) is 6.38. The highest BCUT2D eigenvalue weighted by Crippen LogP contribution is 2.29. The van der Waals surface area contributed by atoms with Crippen LogP contribution in [0.5, 0.6) is 0 Å². The van der Waals surface area contributed by atoms with E-state index in [1.165, 1.54) is 4.31 Å². The zero-order valence-corrected chi connectivity index (χ0v) is 20.6. The van der Waals surface area contributed by atoms with Crippen molar-refractivity contribution >= 4 is 37.5 Å². The van der Waals surface area contributed by atoms with E-state index in [0.29, 0.717) is 43.9 Å². The van der Waals surface area contributed by atoms with E-state index in [1.807, 2.05) is 58.0 Å². The lowest BCUT2D eigenvalue weighted by molar-refractivity contribution is -0.132. The minimum Gasteiger partial charge on any atom is -0.340 e. The summed E-state index contributed by atoms with van der Waals surface area (Å²) >= 11 is 1.62. The van der Waals surface area contributed by atoms with Crippen molar-refractivity contribution in [1.82, 2.24) is 14.2 Å². The van der Waals surface area contributed by atoms with Crippen LogP contribution >= 0.6 is 11.3 Å². The van der Waals surface area contributed by atoms with E-state index in [2.05, 4.69) is 4.98 Å². The molecule has 0 radical (unpaired) electrons. The van der Waals surface area contributed by atoms with E-state index >= 15 is 0 Å². The molecule has 0 atom stereocenters. The van der Waals surface area contributed by atoms with Crippen molar-refractivity contribution in [2.24, 2.45) is 0 Å². The van der Waals surface area contributed by atoms with Gasteiger partial charge in [0.25, 0.3) is 0 Å². The van der Waals surface area contributed by atoms with E-state index in [4.69, 9.17) is 0 Å². The van der Waals surface area contributed by atoms with Gasteiger partial charge in [-0.1, -0.05) is 18.2 Å². The first-order chi connectivity index (χ1) is 15.2. The van der Waals surface area contributed by atoms with Crippen LogP contribution in [0.15, 0.2) is 35.2 Å². The number of fused-ring (bicyclic) bond motifs is 1. The lowest BCUT2D eigenvalue weighted by Gasteiger charge is -2.35. The Morgan fingerprint density at radius 1 is 1.00 bits per heavy atom. The van der Waals surface area contributed by atoms with Crippen LogP contribution in [-0.4, -0.2) is 54.7 Å². The first kappa shape index (κ1) is 22.9. The predicted molar refractivity (Wildman–Crippen MR) is 129 cm³/mol. The number of hydrogen-bond donors (Lipinski definition) is 0. The molecule has 0 saturated carbocycles. The number of amides is 1. The number of para-hydroxylation sites is 1. The topological polar surface area (TPSA) is 70.6 Å². The number of piperazine rings is 1. The van der Waals surface area contributed by atoms with Crippen molar-refractivity contribution in [3.05, 3.63) is 57.6 Å².